The van der Waals surface area contributed by atoms with E-state index in [1.165, 1.54) is 23.5 Å². The Balaban J connectivity index is 1.51. The highest BCUT2D eigenvalue weighted by Crippen LogP contribution is 2.41. The predicted molar refractivity (Wildman–Crippen MR) is 133 cm³/mol. The molecule has 1 aliphatic rings. The summed E-state index contributed by atoms with van der Waals surface area (Å²) in [5.41, 5.74) is 3.30. The topological polar surface area (TPSA) is 78.1 Å². The minimum atomic E-state index is -2.73. The van der Waals surface area contributed by atoms with E-state index in [0.29, 0.717) is 34.7 Å². The molecule has 1 saturated heterocycles. The molecule has 0 bridgehead atoms. The van der Waals surface area contributed by atoms with Gasteiger partial charge in [0, 0.05) is 23.5 Å². The van der Waals surface area contributed by atoms with Crippen LogP contribution in [0.5, 0.6) is 0 Å². The number of carbonyl (C=O) groups excluding carboxylic acids is 2. The van der Waals surface area contributed by atoms with Gasteiger partial charge < -0.3 is 15.2 Å². The number of amides is 2. The molecule has 35 heavy (non-hydrogen) atoms. The smallest absolute Gasteiger partial charge is 0.295 e. The summed E-state index contributed by atoms with van der Waals surface area (Å²) in [5.74, 6) is -0.941. The van der Waals surface area contributed by atoms with Gasteiger partial charge in [-0.1, -0.05) is 30.3 Å². The number of nitrogens with one attached hydrogen (secondary N) is 2. The molecule has 0 saturated carbocycles. The number of carbonyl (C=O) groups is 2. The molecule has 0 aliphatic carbocycles. The first-order chi connectivity index (χ1) is 16.9. The molecule has 0 unspecified atom stereocenters. The van der Waals surface area contributed by atoms with Crippen LogP contribution in [0.3, 0.4) is 0 Å². The van der Waals surface area contributed by atoms with Crippen molar-refractivity contribution in [2.75, 3.05) is 18.4 Å². The summed E-state index contributed by atoms with van der Waals surface area (Å²) in [6.07, 6.45) is 0.308. The van der Waals surface area contributed by atoms with Crippen molar-refractivity contribution in [3.8, 4) is 10.4 Å². The zero-order valence-corrected chi connectivity index (χ0v) is 19.9. The number of nitrogens with zero attached hydrogens (tertiary/aromatic N) is 2. The van der Waals surface area contributed by atoms with Gasteiger partial charge in [-0.15, -0.1) is 11.3 Å². The number of fused-ring (bicyclic) bond motifs is 1. The van der Waals surface area contributed by atoms with Crippen LogP contribution >= 0.6 is 11.3 Å². The number of piperidine rings is 1. The molecule has 0 atom stereocenters. The summed E-state index contributed by atoms with van der Waals surface area (Å²) in [6, 6.07) is 14.3. The van der Waals surface area contributed by atoms with Crippen LogP contribution in [0.4, 0.5) is 13.8 Å². The molecule has 0 spiro atoms. The number of hydrogen-bond acceptors (Lipinski definition) is 4. The van der Waals surface area contributed by atoms with Crippen molar-refractivity contribution in [2.24, 2.45) is 0 Å². The van der Waals surface area contributed by atoms with E-state index < -0.39 is 18.2 Å². The summed E-state index contributed by atoms with van der Waals surface area (Å²) < 4.78 is 26.0. The van der Waals surface area contributed by atoms with Gasteiger partial charge in [-0.25, -0.2) is 13.8 Å². The molecule has 4 aromatic rings. The Hall–Kier alpha value is -3.59. The lowest BCUT2D eigenvalue weighted by atomic mass is 10.0. The Morgan fingerprint density at radius 1 is 1.09 bits per heavy atom. The van der Waals surface area contributed by atoms with Gasteiger partial charge in [0.05, 0.1) is 16.6 Å². The molecule has 9 heteroatoms. The maximum absolute atomic E-state index is 13.5. The number of halogens is 2. The Kier molecular flexibility index (Phi) is 6.34. The molecule has 180 valence electrons. The van der Waals surface area contributed by atoms with Gasteiger partial charge in [0.2, 0.25) is 0 Å². The third-order valence-corrected chi connectivity index (χ3v) is 7.49. The minimum absolute atomic E-state index is 0.0819. The van der Waals surface area contributed by atoms with E-state index >= 15 is 0 Å². The zero-order chi connectivity index (χ0) is 24.5. The summed E-state index contributed by atoms with van der Waals surface area (Å²) in [5, 5.41) is 3.41. The number of anilines is 1. The first kappa shape index (κ1) is 23.2. The predicted octanol–water partition coefficient (Wildman–Crippen LogP) is 6.42. The first-order valence-electron chi connectivity index (χ1n) is 11.5. The van der Waals surface area contributed by atoms with Crippen LogP contribution in [0.1, 0.15) is 57.8 Å². The van der Waals surface area contributed by atoms with Gasteiger partial charge in [-0.05, 0) is 55.5 Å². The van der Waals surface area contributed by atoms with Gasteiger partial charge in [0.15, 0.2) is 5.82 Å². The molecule has 2 aromatic heterocycles. The number of H-pyrrole nitrogens is 1. The van der Waals surface area contributed by atoms with Crippen molar-refractivity contribution in [1.82, 2.24) is 14.9 Å². The molecule has 5 rings (SSSR count). The molecule has 2 N–H and O–H groups in total. The molecule has 2 amide bonds. The molecular weight excluding hydrogens is 470 g/mol. The van der Waals surface area contributed by atoms with Crippen LogP contribution in [-0.4, -0.2) is 39.8 Å². The normalized spacial score (nSPS) is 14.0. The third-order valence-electron chi connectivity index (χ3n) is 6.24. The second-order valence-electron chi connectivity index (χ2n) is 8.59. The van der Waals surface area contributed by atoms with E-state index in [0.717, 1.165) is 35.3 Å². The first-order valence-corrected chi connectivity index (χ1v) is 12.3. The third kappa shape index (κ3) is 4.55. The standard InChI is InChI=1S/C26H24F2N4O2S/c1-15-20(26(34)32-12-6-3-7-13-32)25(35-21(15)16-8-4-2-5-9-16)31-24(33)17-10-11-18-19(14-17)30-23(29-18)22(27)28/h2,4-5,8-11,14,22H,3,6-7,12-13H2,1H3,(H,29,30)(H,31,33). The lowest BCUT2D eigenvalue weighted by Gasteiger charge is -2.27. The number of likely N-dealkylation sites (tertiary alicyclic amines) is 1. The van der Waals surface area contributed by atoms with Crippen molar-refractivity contribution >= 4 is 39.2 Å². The number of imidazole rings is 1. The van der Waals surface area contributed by atoms with Crippen LogP contribution in [0.15, 0.2) is 48.5 Å². The van der Waals surface area contributed by atoms with Crippen LogP contribution < -0.4 is 5.32 Å². The Bertz CT molecular complexity index is 1390. The average molecular weight is 495 g/mol. The number of aromatic nitrogens is 2. The van der Waals surface area contributed by atoms with Gasteiger partial charge in [-0.3, -0.25) is 9.59 Å². The average Bonchev–Trinajstić information content (AvgIpc) is 3.45. The van der Waals surface area contributed by atoms with Crippen LogP contribution in [0.2, 0.25) is 0 Å². The van der Waals surface area contributed by atoms with Crippen molar-refractivity contribution in [3.05, 3.63) is 71.0 Å². The molecule has 2 aromatic carbocycles. The molecule has 1 fully saturated rings. The molecule has 6 nitrogen and oxygen atoms in total. The number of alkyl halides is 2. The highest BCUT2D eigenvalue weighted by atomic mass is 32.1. The minimum Gasteiger partial charge on any atom is -0.339 e. The van der Waals surface area contributed by atoms with Gasteiger partial charge in [-0.2, -0.15) is 0 Å². The summed E-state index contributed by atoms with van der Waals surface area (Å²) >= 11 is 1.37. The van der Waals surface area contributed by atoms with Crippen molar-refractivity contribution < 1.29 is 18.4 Å². The number of rotatable bonds is 5. The fourth-order valence-electron chi connectivity index (χ4n) is 4.43. The number of benzene rings is 2. The fraction of sp³-hybridized carbons (Fsp3) is 0.269. The molecular formula is C26H24F2N4O2S. The second kappa shape index (κ2) is 9.58. The number of thiophene rings is 1. The quantitative estimate of drug-likeness (QED) is 0.336. The number of aromatic amines is 1. The Morgan fingerprint density at radius 3 is 2.54 bits per heavy atom. The Labute approximate surface area is 205 Å². The SMILES string of the molecule is Cc1c(-c2ccccc2)sc(NC(=O)c2ccc3nc(C(F)F)[nH]c3c2)c1C(=O)N1CCCCC1. The summed E-state index contributed by atoms with van der Waals surface area (Å²) in [4.78, 5) is 35.9. The zero-order valence-electron chi connectivity index (χ0n) is 19.1. The van der Waals surface area contributed by atoms with E-state index in [1.807, 2.05) is 42.2 Å². The molecule has 3 heterocycles. The Morgan fingerprint density at radius 2 is 1.83 bits per heavy atom. The van der Waals surface area contributed by atoms with Crippen molar-refractivity contribution in [2.45, 2.75) is 32.6 Å². The van der Waals surface area contributed by atoms with E-state index in [2.05, 4.69) is 15.3 Å². The van der Waals surface area contributed by atoms with Crippen LogP contribution in [0, 0.1) is 6.92 Å². The lowest BCUT2D eigenvalue weighted by Crippen LogP contribution is -2.36. The monoisotopic (exact) mass is 494 g/mol. The van der Waals surface area contributed by atoms with E-state index in [4.69, 9.17) is 0 Å². The van der Waals surface area contributed by atoms with Crippen molar-refractivity contribution in [1.29, 1.82) is 0 Å². The summed E-state index contributed by atoms with van der Waals surface area (Å²) in [7, 11) is 0. The van der Waals surface area contributed by atoms with E-state index in [1.54, 1.807) is 6.07 Å². The highest BCUT2D eigenvalue weighted by molar-refractivity contribution is 7.20. The fourth-order valence-corrected chi connectivity index (χ4v) is 5.63. The van der Waals surface area contributed by atoms with Crippen molar-refractivity contribution in [3.63, 3.8) is 0 Å². The van der Waals surface area contributed by atoms with Crippen LogP contribution in [0.25, 0.3) is 21.5 Å². The van der Waals surface area contributed by atoms with Gasteiger partial charge in [0.1, 0.15) is 5.00 Å². The molecule has 0 radical (unpaired) electrons. The van der Waals surface area contributed by atoms with Gasteiger partial charge in [0.25, 0.3) is 18.2 Å². The number of hydrogen-bond donors (Lipinski definition) is 2. The van der Waals surface area contributed by atoms with Gasteiger partial charge >= 0.3 is 0 Å². The summed E-state index contributed by atoms with van der Waals surface area (Å²) in [6.45, 7) is 3.31. The molecule has 1 aliphatic heterocycles. The second-order valence-corrected chi connectivity index (χ2v) is 9.61. The maximum Gasteiger partial charge on any atom is 0.295 e. The highest BCUT2D eigenvalue weighted by Gasteiger charge is 2.28. The maximum atomic E-state index is 13.5. The van der Waals surface area contributed by atoms with Crippen LogP contribution in [-0.2, 0) is 0 Å². The lowest BCUT2D eigenvalue weighted by molar-refractivity contribution is 0.0725. The van der Waals surface area contributed by atoms with E-state index in [-0.39, 0.29) is 11.5 Å². The largest absolute Gasteiger partial charge is 0.339 e. The van der Waals surface area contributed by atoms with E-state index in [9.17, 15) is 18.4 Å².